The molecular formula is C45H48Cl6Zr. The second kappa shape index (κ2) is 17.3. The van der Waals surface area contributed by atoms with Crippen LogP contribution in [0.2, 0.25) is 0 Å². The Morgan fingerprint density at radius 1 is 0.635 bits per heavy atom. The molecule has 0 amide bonds. The number of alkyl halides is 4. The van der Waals surface area contributed by atoms with Crippen LogP contribution in [0.3, 0.4) is 0 Å². The average molecular weight is 893 g/mol. The minimum atomic E-state index is -3.06. The van der Waals surface area contributed by atoms with Gasteiger partial charge in [0, 0.05) is 0 Å². The van der Waals surface area contributed by atoms with Gasteiger partial charge in [-0.25, -0.2) is 0 Å². The van der Waals surface area contributed by atoms with Gasteiger partial charge in [0.15, 0.2) is 0 Å². The first-order valence-electron chi connectivity index (χ1n) is 17.6. The van der Waals surface area contributed by atoms with E-state index in [1.54, 1.807) is 6.55 Å². The van der Waals surface area contributed by atoms with Crippen molar-refractivity contribution in [2.45, 2.75) is 103 Å². The number of fused-ring (bicyclic) bond motifs is 3. The van der Waals surface area contributed by atoms with E-state index in [9.17, 15) is 0 Å². The first-order valence-corrected chi connectivity index (χ1v) is 23.4. The largest absolute Gasteiger partial charge is 1.00 e. The van der Waals surface area contributed by atoms with Crippen molar-refractivity contribution in [2.75, 3.05) is 0 Å². The van der Waals surface area contributed by atoms with Crippen molar-refractivity contribution < 1.29 is 46.1 Å². The zero-order valence-electron chi connectivity index (χ0n) is 31.4. The summed E-state index contributed by atoms with van der Waals surface area (Å²) >= 11 is 23.3. The van der Waals surface area contributed by atoms with Gasteiger partial charge in [-0.2, -0.15) is 0 Å². The fraction of sp³-hybridized carbons (Fsp3) is 0.356. The molecule has 0 saturated heterocycles. The summed E-state index contributed by atoms with van der Waals surface area (Å²) in [5.41, 5.74) is 18.3. The van der Waals surface area contributed by atoms with Gasteiger partial charge < -0.3 is 24.8 Å². The van der Waals surface area contributed by atoms with E-state index < -0.39 is 21.3 Å². The van der Waals surface area contributed by atoms with Crippen molar-refractivity contribution in [3.8, 4) is 11.1 Å². The summed E-state index contributed by atoms with van der Waals surface area (Å²) in [5, 5.41) is 0. The van der Waals surface area contributed by atoms with E-state index in [4.69, 9.17) is 46.4 Å². The van der Waals surface area contributed by atoms with Crippen LogP contribution in [-0.4, -0.2) is 3.21 Å². The summed E-state index contributed by atoms with van der Waals surface area (Å²) in [6.45, 7) is 18.8. The predicted molar refractivity (Wildman–Crippen MR) is 217 cm³/mol. The number of aryl methyl sites for hydroxylation is 1. The number of halogens is 6. The molecule has 0 bridgehead atoms. The van der Waals surface area contributed by atoms with Crippen LogP contribution in [0.25, 0.3) is 11.1 Å². The quantitative estimate of drug-likeness (QED) is 0.151. The third-order valence-electron chi connectivity index (χ3n) is 10.3. The Hall–Kier alpha value is -1.15. The summed E-state index contributed by atoms with van der Waals surface area (Å²) in [4.78, 5) is 0. The number of benzene rings is 4. The molecule has 0 fully saturated rings. The third kappa shape index (κ3) is 8.63. The smallest absolute Gasteiger partial charge is 1.00 e. The average Bonchev–Trinajstić information content (AvgIpc) is 3.73. The minimum Gasteiger partial charge on any atom is -1.00 e. The molecule has 6 rings (SSSR count). The van der Waals surface area contributed by atoms with E-state index in [0.29, 0.717) is 23.5 Å². The molecule has 52 heavy (non-hydrogen) atoms. The molecule has 0 aliphatic heterocycles. The van der Waals surface area contributed by atoms with E-state index in [-0.39, 0.29) is 35.6 Å². The van der Waals surface area contributed by atoms with Crippen LogP contribution in [0.5, 0.6) is 0 Å². The van der Waals surface area contributed by atoms with Gasteiger partial charge in [-0.15, -0.1) is 0 Å². The summed E-state index contributed by atoms with van der Waals surface area (Å²) in [5.74, 6) is 1.73. The summed E-state index contributed by atoms with van der Waals surface area (Å²) in [7, 11) is 0. The predicted octanol–water partition coefficient (Wildman–Crippen LogP) is 6.79. The molecule has 0 saturated carbocycles. The third-order valence-corrected chi connectivity index (χ3v) is 19.6. The zero-order valence-corrected chi connectivity index (χ0v) is 38.4. The molecule has 0 radical (unpaired) electrons. The monoisotopic (exact) mass is 888 g/mol. The van der Waals surface area contributed by atoms with Gasteiger partial charge in [0.1, 0.15) is 0 Å². The number of hydrogen-bond donors (Lipinski definition) is 0. The Balaban J connectivity index is 0.00000302. The van der Waals surface area contributed by atoms with Gasteiger partial charge in [-0.1, -0.05) is 0 Å². The van der Waals surface area contributed by atoms with Gasteiger partial charge in [-0.3, -0.25) is 0 Å². The number of allylic oxidation sites excluding steroid dienone is 4. The standard InChI is InChI=1S/C23H29.C17H14Cl4.C5H5.2ClH.Zr/c1-14-9-16-11-17-10-15(2)21(23(6,7)8)13-19(17)18(16)12-20(14)22(3,4)5;18-8-14-2-12(3-15(6-14)9-19)1-13-4-16(10-20)7-17(5-13)11-21;1-2-4-5-3-1;;;/h9,12-13H,11H2,1-8H3;2-7H,8-11H2;1-3H,4H2;2*1H;/q;;;;;+2/p-2. The van der Waals surface area contributed by atoms with Gasteiger partial charge in [0.25, 0.3) is 0 Å². The Labute approximate surface area is 352 Å². The van der Waals surface area contributed by atoms with Crippen LogP contribution in [0.1, 0.15) is 115 Å². The molecule has 2 aliphatic rings. The second-order valence-electron chi connectivity index (χ2n) is 16.1. The molecule has 0 N–H and O–H groups in total. The van der Waals surface area contributed by atoms with Crippen LogP contribution in [0.15, 0.2) is 76.1 Å². The Morgan fingerprint density at radius 3 is 1.54 bits per heavy atom. The maximum atomic E-state index is 6.59. The summed E-state index contributed by atoms with van der Waals surface area (Å²) < 4.78 is 4.63. The number of rotatable bonds is 8. The SMILES string of the molecule is Cc1cc2c(cc1C(C)(C)C)-c1cc(C(C)(C)C)c(C)[c]([Zr+2]([C]3=CC=CC3)=[C](c3cc(CCl)cc(CCl)c3)c3cc(CCl)cc(CCl)c3)c1C2.[Cl-].[Cl-]. The van der Waals surface area contributed by atoms with Crippen LogP contribution in [-0.2, 0) is 62.0 Å². The van der Waals surface area contributed by atoms with E-state index in [2.05, 4.69) is 128 Å². The van der Waals surface area contributed by atoms with Crippen molar-refractivity contribution in [3.63, 3.8) is 0 Å². The molecule has 0 unspecified atom stereocenters. The molecule has 4 aromatic rings. The fourth-order valence-electron chi connectivity index (χ4n) is 8.20. The molecule has 0 nitrogen and oxygen atoms in total. The molecule has 274 valence electrons. The topological polar surface area (TPSA) is 0 Å². The zero-order chi connectivity index (χ0) is 36.1. The van der Waals surface area contributed by atoms with E-state index in [1.165, 1.54) is 58.8 Å². The maximum absolute atomic E-state index is 6.59. The first kappa shape index (κ1) is 43.6. The first-order chi connectivity index (χ1) is 23.7. The van der Waals surface area contributed by atoms with Crippen LogP contribution in [0, 0.1) is 13.8 Å². The molecular weight excluding hydrogens is 844 g/mol. The minimum absolute atomic E-state index is 0. The van der Waals surface area contributed by atoms with Crippen LogP contribution < -0.4 is 28.1 Å². The van der Waals surface area contributed by atoms with E-state index in [0.717, 1.165) is 35.1 Å². The Kier molecular flexibility index (Phi) is 14.5. The normalized spacial score (nSPS) is 13.1. The summed E-state index contributed by atoms with van der Waals surface area (Å²) in [6, 6.07) is 21.1. The summed E-state index contributed by atoms with van der Waals surface area (Å²) in [6.07, 6.45) is 8.96. The van der Waals surface area contributed by atoms with Gasteiger partial charge >= 0.3 is 331 Å². The van der Waals surface area contributed by atoms with Gasteiger partial charge in [0.05, 0.1) is 0 Å². The van der Waals surface area contributed by atoms with Gasteiger partial charge in [0.2, 0.25) is 0 Å². The molecule has 0 atom stereocenters. The molecule has 7 heteroatoms. The Morgan fingerprint density at radius 2 is 1.12 bits per heavy atom. The number of hydrogen-bond acceptors (Lipinski definition) is 0. The second-order valence-corrected chi connectivity index (χ2v) is 23.1. The van der Waals surface area contributed by atoms with E-state index >= 15 is 0 Å². The van der Waals surface area contributed by atoms with Crippen molar-refractivity contribution >= 4 is 52.9 Å². The molecule has 0 heterocycles. The maximum Gasteiger partial charge on any atom is -1.00 e. The molecule has 0 spiro atoms. The molecule has 0 aromatic heterocycles. The van der Waals surface area contributed by atoms with Crippen molar-refractivity contribution in [3.05, 3.63) is 143 Å². The Bertz CT molecular complexity index is 1990. The fourth-order valence-corrected chi connectivity index (χ4v) is 17.1. The molecule has 4 aromatic carbocycles. The molecule has 2 aliphatic carbocycles. The van der Waals surface area contributed by atoms with Crippen molar-refractivity contribution in [1.82, 2.24) is 0 Å². The van der Waals surface area contributed by atoms with Crippen molar-refractivity contribution in [2.24, 2.45) is 0 Å². The van der Waals surface area contributed by atoms with Gasteiger partial charge in [-0.05, 0) is 0 Å². The van der Waals surface area contributed by atoms with Crippen molar-refractivity contribution in [1.29, 1.82) is 0 Å². The van der Waals surface area contributed by atoms with E-state index in [1.807, 2.05) is 0 Å². The van der Waals surface area contributed by atoms with Crippen LogP contribution in [0.4, 0.5) is 0 Å². The van der Waals surface area contributed by atoms with Crippen LogP contribution >= 0.6 is 46.4 Å².